The molecule has 12 heavy (non-hydrogen) atoms. The van der Waals surface area contributed by atoms with Crippen molar-refractivity contribution in [2.75, 3.05) is 20.2 Å². The number of rotatable bonds is 5. The summed E-state index contributed by atoms with van der Waals surface area (Å²) in [5.74, 6) is 0.421. The topological polar surface area (TPSA) is 23.5 Å². The summed E-state index contributed by atoms with van der Waals surface area (Å²) in [4.78, 5) is 2.17. The largest absolute Gasteiger partial charge is 0.395 e. The number of hydrogen-bond acceptors (Lipinski definition) is 2. The molecule has 0 heterocycles. The Labute approximate surface area is 75.9 Å². The summed E-state index contributed by atoms with van der Waals surface area (Å²) < 4.78 is 0. The third kappa shape index (κ3) is 3.37. The molecule has 2 heteroatoms. The van der Waals surface area contributed by atoms with Gasteiger partial charge in [0.1, 0.15) is 0 Å². The number of aliphatic hydroxyl groups is 1. The highest BCUT2D eigenvalue weighted by atomic mass is 16.3. The Morgan fingerprint density at radius 3 is 2.42 bits per heavy atom. The highest BCUT2D eigenvalue weighted by molar-refractivity contribution is 4.90. The maximum Gasteiger partial charge on any atom is 0.0592 e. The van der Waals surface area contributed by atoms with Crippen molar-refractivity contribution in [2.45, 2.75) is 26.8 Å². The van der Waals surface area contributed by atoms with Crippen molar-refractivity contribution in [3.05, 3.63) is 12.2 Å². The van der Waals surface area contributed by atoms with Crippen LogP contribution in [0.2, 0.25) is 0 Å². The normalized spacial score (nSPS) is 17.2. The summed E-state index contributed by atoms with van der Waals surface area (Å²) >= 11 is 0. The zero-order valence-corrected chi connectivity index (χ0v) is 8.62. The lowest BCUT2D eigenvalue weighted by atomic mass is 10.0. The molecular formula is C10H21NO. The molecule has 72 valence electrons. The molecule has 2 atom stereocenters. The van der Waals surface area contributed by atoms with Crippen LogP contribution in [0.25, 0.3) is 0 Å². The number of hydrogen-bond donors (Lipinski definition) is 1. The van der Waals surface area contributed by atoms with E-state index >= 15 is 0 Å². The first-order chi connectivity index (χ1) is 5.67. The minimum absolute atomic E-state index is 0.232. The summed E-state index contributed by atoms with van der Waals surface area (Å²) in [5, 5.41) is 9.15. The molecule has 0 aliphatic carbocycles. The zero-order chi connectivity index (χ0) is 9.56. The van der Waals surface area contributed by atoms with Crippen LogP contribution in [0, 0.1) is 5.92 Å². The lowest BCUT2D eigenvalue weighted by molar-refractivity contribution is 0.126. The summed E-state index contributed by atoms with van der Waals surface area (Å²) in [6.45, 7) is 7.46. The van der Waals surface area contributed by atoms with Crippen LogP contribution in [-0.4, -0.2) is 36.2 Å². The smallest absolute Gasteiger partial charge is 0.0592 e. The molecule has 0 aromatic carbocycles. The molecule has 0 aromatic rings. The Morgan fingerprint density at radius 2 is 2.08 bits per heavy atom. The van der Waals surface area contributed by atoms with Crippen molar-refractivity contribution in [1.29, 1.82) is 0 Å². The van der Waals surface area contributed by atoms with Crippen molar-refractivity contribution in [2.24, 2.45) is 5.92 Å². The fraction of sp³-hybridized carbons (Fsp3) is 0.800. The van der Waals surface area contributed by atoms with Gasteiger partial charge in [0.15, 0.2) is 0 Å². The molecule has 0 fully saturated rings. The Kier molecular flexibility index (Phi) is 6.03. The van der Waals surface area contributed by atoms with Gasteiger partial charge in [0.05, 0.1) is 6.61 Å². The Bertz CT molecular complexity index is 134. The molecular weight excluding hydrogens is 150 g/mol. The SMILES string of the molecule is CC=CC(C)C(CO)N(C)CC. The van der Waals surface area contributed by atoms with E-state index in [1.54, 1.807) is 0 Å². The van der Waals surface area contributed by atoms with E-state index in [4.69, 9.17) is 5.11 Å². The van der Waals surface area contributed by atoms with Gasteiger partial charge in [-0.25, -0.2) is 0 Å². The predicted molar refractivity (Wildman–Crippen MR) is 53.2 cm³/mol. The molecule has 0 aliphatic rings. The molecule has 0 aromatic heterocycles. The van der Waals surface area contributed by atoms with Gasteiger partial charge in [-0.1, -0.05) is 26.0 Å². The first kappa shape index (κ1) is 11.7. The van der Waals surface area contributed by atoms with Gasteiger partial charge in [0.2, 0.25) is 0 Å². The van der Waals surface area contributed by atoms with E-state index in [0.717, 1.165) is 6.54 Å². The monoisotopic (exact) mass is 171 g/mol. The van der Waals surface area contributed by atoms with Crippen LogP contribution in [0.4, 0.5) is 0 Å². The minimum atomic E-state index is 0.232. The molecule has 2 nitrogen and oxygen atoms in total. The van der Waals surface area contributed by atoms with Gasteiger partial charge in [-0.05, 0) is 26.4 Å². The van der Waals surface area contributed by atoms with Gasteiger partial charge < -0.3 is 10.0 Å². The summed E-state index contributed by atoms with van der Waals surface area (Å²) in [5.41, 5.74) is 0. The van der Waals surface area contributed by atoms with E-state index in [-0.39, 0.29) is 12.6 Å². The van der Waals surface area contributed by atoms with E-state index < -0.39 is 0 Å². The van der Waals surface area contributed by atoms with Crippen LogP contribution < -0.4 is 0 Å². The Hall–Kier alpha value is -0.340. The quantitative estimate of drug-likeness (QED) is 0.634. The standard InChI is InChI=1S/C10H21NO/c1-5-7-9(3)10(8-12)11(4)6-2/h5,7,9-10,12H,6,8H2,1-4H3. The average Bonchev–Trinajstić information content (AvgIpc) is 2.06. The molecule has 1 N–H and O–H groups in total. The van der Waals surface area contributed by atoms with Crippen molar-refractivity contribution >= 4 is 0 Å². The maximum atomic E-state index is 9.15. The van der Waals surface area contributed by atoms with E-state index in [9.17, 15) is 0 Å². The van der Waals surface area contributed by atoms with E-state index in [2.05, 4.69) is 24.8 Å². The molecule has 0 amide bonds. The number of aliphatic hydroxyl groups excluding tert-OH is 1. The second kappa shape index (κ2) is 6.21. The predicted octanol–water partition coefficient (Wildman–Crippen LogP) is 1.51. The van der Waals surface area contributed by atoms with Gasteiger partial charge in [0.25, 0.3) is 0 Å². The molecule has 0 saturated heterocycles. The van der Waals surface area contributed by atoms with Gasteiger partial charge in [-0.15, -0.1) is 0 Å². The van der Waals surface area contributed by atoms with Crippen molar-refractivity contribution < 1.29 is 5.11 Å². The molecule has 0 spiro atoms. The van der Waals surface area contributed by atoms with Crippen LogP contribution in [0.15, 0.2) is 12.2 Å². The van der Waals surface area contributed by atoms with Crippen molar-refractivity contribution in [3.8, 4) is 0 Å². The van der Waals surface area contributed by atoms with Gasteiger partial charge in [0, 0.05) is 6.04 Å². The molecule has 0 rings (SSSR count). The van der Waals surface area contributed by atoms with Crippen LogP contribution in [0.5, 0.6) is 0 Å². The van der Waals surface area contributed by atoms with Crippen LogP contribution in [0.1, 0.15) is 20.8 Å². The zero-order valence-electron chi connectivity index (χ0n) is 8.62. The fourth-order valence-electron chi connectivity index (χ4n) is 1.37. The lowest BCUT2D eigenvalue weighted by Crippen LogP contribution is -2.38. The summed E-state index contributed by atoms with van der Waals surface area (Å²) in [6, 6.07) is 0.256. The number of nitrogens with zero attached hydrogens (tertiary/aromatic N) is 1. The first-order valence-corrected chi connectivity index (χ1v) is 4.61. The van der Waals surface area contributed by atoms with Gasteiger partial charge in [-0.3, -0.25) is 0 Å². The second-order valence-corrected chi connectivity index (χ2v) is 3.21. The maximum absolute atomic E-state index is 9.15. The van der Waals surface area contributed by atoms with Crippen LogP contribution in [0.3, 0.4) is 0 Å². The van der Waals surface area contributed by atoms with E-state index in [1.165, 1.54) is 0 Å². The average molecular weight is 171 g/mol. The molecule has 0 bridgehead atoms. The number of likely N-dealkylation sites (N-methyl/N-ethyl adjacent to an activating group) is 1. The van der Waals surface area contributed by atoms with Crippen molar-refractivity contribution in [3.63, 3.8) is 0 Å². The fourth-order valence-corrected chi connectivity index (χ4v) is 1.37. The van der Waals surface area contributed by atoms with E-state index in [0.29, 0.717) is 5.92 Å². The Balaban J connectivity index is 4.12. The highest BCUT2D eigenvalue weighted by Gasteiger charge is 2.16. The first-order valence-electron chi connectivity index (χ1n) is 4.61. The minimum Gasteiger partial charge on any atom is -0.395 e. The van der Waals surface area contributed by atoms with Crippen LogP contribution in [-0.2, 0) is 0 Å². The molecule has 0 saturated carbocycles. The molecule has 0 radical (unpaired) electrons. The van der Waals surface area contributed by atoms with E-state index in [1.807, 2.05) is 20.0 Å². The number of allylic oxidation sites excluding steroid dienone is 1. The third-order valence-electron chi connectivity index (χ3n) is 2.35. The Morgan fingerprint density at radius 1 is 1.50 bits per heavy atom. The van der Waals surface area contributed by atoms with Gasteiger partial charge in [-0.2, -0.15) is 0 Å². The highest BCUT2D eigenvalue weighted by Crippen LogP contribution is 2.10. The molecule has 0 aliphatic heterocycles. The lowest BCUT2D eigenvalue weighted by Gasteiger charge is -2.28. The molecule has 2 unspecified atom stereocenters. The summed E-state index contributed by atoms with van der Waals surface area (Å²) in [6.07, 6.45) is 4.17. The third-order valence-corrected chi connectivity index (χ3v) is 2.35. The van der Waals surface area contributed by atoms with Crippen molar-refractivity contribution in [1.82, 2.24) is 4.90 Å². The second-order valence-electron chi connectivity index (χ2n) is 3.21. The van der Waals surface area contributed by atoms with Gasteiger partial charge >= 0.3 is 0 Å². The summed E-state index contributed by atoms with van der Waals surface area (Å²) in [7, 11) is 2.04. The van der Waals surface area contributed by atoms with Crippen LogP contribution >= 0.6 is 0 Å².